The molecule has 5 nitrogen and oxygen atoms in total. The zero-order valence-corrected chi connectivity index (χ0v) is 16.7. The van der Waals surface area contributed by atoms with Gasteiger partial charge in [-0.25, -0.2) is 0 Å². The van der Waals surface area contributed by atoms with Crippen LogP contribution in [0.15, 0.2) is 35.3 Å². The van der Waals surface area contributed by atoms with Crippen LogP contribution in [-0.2, 0) is 6.42 Å². The molecule has 1 N–H and O–H groups in total. The fraction of sp³-hybridized carbons (Fsp3) is 0.667. The quantitative estimate of drug-likeness (QED) is 0.658. The Morgan fingerprint density at radius 2 is 1.81 bits per heavy atom. The second-order valence-corrected chi connectivity index (χ2v) is 7.94. The van der Waals surface area contributed by atoms with Crippen molar-refractivity contribution in [2.24, 2.45) is 10.9 Å². The molecular weight excluding hydrogens is 322 g/mol. The van der Waals surface area contributed by atoms with Gasteiger partial charge in [0.1, 0.15) is 0 Å². The van der Waals surface area contributed by atoms with Crippen molar-refractivity contribution in [2.75, 3.05) is 60.4 Å². The first-order valence-corrected chi connectivity index (χ1v) is 10.0. The molecule has 0 aromatic heterocycles. The molecule has 0 radical (unpaired) electrons. The fourth-order valence-corrected chi connectivity index (χ4v) is 4.16. The van der Waals surface area contributed by atoms with Crippen molar-refractivity contribution in [1.82, 2.24) is 20.0 Å². The van der Waals surface area contributed by atoms with E-state index in [1.54, 1.807) is 0 Å². The molecular formula is C21H35N5. The zero-order valence-electron chi connectivity index (χ0n) is 16.7. The molecule has 2 aliphatic rings. The van der Waals surface area contributed by atoms with Gasteiger partial charge in [-0.05, 0) is 44.8 Å². The number of piperazine rings is 1. The summed E-state index contributed by atoms with van der Waals surface area (Å²) in [4.78, 5) is 11.9. The summed E-state index contributed by atoms with van der Waals surface area (Å²) in [5, 5.41) is 3.63. The summed E-state index contributed by atoms with van der Waals surface area (Å²) in [6.45, 7) is 6.62. The van der Waals surface area contributed by atoms with Crippen molar-refractivity contribution >= 4 is 5.96 Å². The van der Waals surface area contributed by atoms with Crippen LogP contribution < -0.4 is 5.32 Å². The normalized spacial score (nSPS) is 24.0. The maximum atomic E-state index is 4.55. The van der Waals surface area contributed by atoms with Gasteiger partial charge in [0, 0.05) is 52.4 Å². The van der Waals surface area contributed by atoms with Crippen LogP contribution >= 0.6 is 0 Å². The topological polar surface area (TPSA) is 34.1 Å². The summed E-state index contributed by atoms with van der Waals surface area (Å²) in [6.07, 6.45) is 3.71. The lowest BCUT2D eigenvalue weighted by atomic mass is 9.90. The number of hydrogen-bond acceptors (Lipinski definition) is 3. The van der Waals surface area contributed by atoms with Crippen LogP contribution in [-0.4, -0.2) is 87.1 Å². The largest absolute Gasteiger partial charge is 0.355 e. The first-order valence-electron chi connectivity index (χ1n) is 10.0. The summed E-state index contributed by atoms with van der Waals surface area (Å²) >= 11 is 0. The molecule has 1 aromatic rings. The van der Waals surface area contributed by atoms with Crippen molar-refractivity contribution < 1.29 is 0 Å². The van der Waals surface area contributed by atoms with Gasteiger partial charge in [-0.3, -0.25) is 9.89 Å². The van der Waals surface area contributed by atoms with E-state index < -0.39 is 0 Å². The van der Waals surface area contributed by atoms with Gasteiger partial charge in [-0.2, -0.15) is 0 Å². The second kappa shape index (κ2) is 9.38. The highest BCUT2D eigenvalue weighted by atomic mass is 15.3. The van der Waals surface area contributed by atoms with Crippen LogP contribution in [0, 0.1) is 5.92 Å². The third-order valence-electron chi connectivity index (χ3n) is 5.97. The van der Waals surface area contributed by atoms with E-state index >= 15 is 0 Å². The van der Waals surface area contributed by atoms with Crippen LogP contribution in [0.3, 0.4) is 0 Å². The highest BCUT2D eigenvalue weighted by Crippen LogP contribution is 2.21. The number of nitrogens with one attached hydrogen (secondary N) is 1. The number of piperidine rings is 1. The Morgan fingerprint density at radius 1 is 1.08 bits per heavy atom. The zero-order chi connectivity index (χ0) is 18.4. The van der Waals surface area contributed by atoms with Crippen LogP contribution in [0.5, 0.6) is 0 Å². The Bertz CT molecular complexity index is 565. The maximum absolute atomic E-state index is 4.55. The Balaban J connectivity index is 1.45. The van der Waals surface area contributed by atoms with Gasteiger partial charge in [-0.1, -0.05) is 30.3 Å². The predicted octanol–water partition coefficient (Wildman–Crippen LogP) is 1.76. The molecule has 1 atom stereocenters. The molecule has 0 bridgehead atoms. The molecule has 0 amide bonds. The minimum Gasteiger partial charge on any atom is -0.355 e. The standard InChI is InChI=1S/C21H35N5/c1-22-21(23-16-20-17-24(2)13-14-25(20)3)26-11-9-19(10-12-26)15-18-7-5-4-6-8-18/h4-8,19-20H,9-17H2,1-3H3,(H,22,23). The lowest BCUT2D eigenvalue weighted by Gasteiger charge is -2.39. The van der Waals surface area contributed by atoms with Crippen LogP contribution in [0.1, 0.15) is 18.4 Å². The molecule has 0 saturated carbocycles. The van der Waals surface area contributed by atoms with E-state index in [4.69, 9.17) is 0 Å². The van der Waals surface area contributed by atoms with Crippen LogP contribution in [0.25, 0.3) is 0 Å². The molecule has 2 aliphatic heterocycles. The van der Waals surface area contributed by atoms with Crippen molar-refractivity contribution in [3.8, 4) is 0 Å². The Hall–Kier alpha value is -1.59. The third-order valence-corrected chi connectivity index (χ3v) is 5.97. The summed E-state index contributed by atoms with van der Waals surface area (Å²) in [6, 6.07) is 11.5. The smallest absolute Gasteiger partial charge is 0.193 e. The molecule has 144 valence electrons. The summed E-state index contributed by atoms with van der Waals surface area (Å²) in [7, 11) is 6.36. The van der Waals surface area contributed by atoms with Gasteiger partial charge in [0.2, 0.25) is 0 Å². The van der Waals surface area contributed by atoms with Gasteiger partial charge < -0.3 is 15.1 Å². The van der Waals surface area contributed by atoms with Gasteiger partial charge in [0.15, 0.2) is 5.96 Å². The van der Waals surface area contributed by atoms with Crippen molar-refractivity contribution in [3.05, 3.63) is 35.9 Å². The predicted molar refractivity (Wildman–Crippen MR) is 110 cm³/mol. The molecule has 5 heteroatoms. The summed E-state index contributed by atoms with van der Waals surface area (Å²) in [5.74, 6) is 1.87. The number of likely N-dealkylation sites (tertiary alicyclic amines) is 1. The molecule has 2 fully saturated rings. The summed E-state index contributed by atoms with van der Waals surface area (Å²) in [5.41, 5.74) is 1.47. The van der Waals surface area contributed by atoms with E-state index in [0.29, 0.717) is 6.04 Å². The number of likely N-dealkylation sites (N-methyl/N-ethyl adjacent to an activating group) is 2. The maximum Gasteiger partial charge on any atom is 0.193 e. The fourth-order valence-electron chi connectivity index (χ4n) is 4.16. The number of aliphatic imine (C=N–C) groups is 1. The van der Waals surface area contributed by atoms with E-state index in [1.165, 1.54) is 24.8 Å². The first-order chi connectivity index (χ1) is 12.7. The molecule has 2 saturated heterocycles. The Labute approximate surface area is 159 Å². The van der Waals surface area contributed by atoms with Crippen LogP contribution in [0.4, 0.5) is 0 Å². The lowest BCUT2D eigenvalue weighted by molar-refractivity contribution is 0.115. The highest BCUT2D eigenvalue weighted by molar-refractivity contribution is 5.80. The molecule has 0 aliphatic carbocycles. The van der Waals surface area contributed by atoms with Gasteiger partial charge >= 0.3 is 0 Å². The average molecular weight is 358 g/mol. The first kappa shape index (κ1) is 19.2. The van der Waals surface area contributed by atoms with Crippen LogP contribution in [0.2, 0.25) is 0 Å². The number of nitrogens with zero attached hydrogens (tertiary/aromatic N) is 4. The van der Waals surface area contributed by atoms with Gasteiger partial charge in [-0.15, -0.1) is 0 Å². The van der Waals surface area contributed by atoms with Crippen molar-refractivity contribution in [2.45, 2.75) is 25.3 Å². The second-order valence-electron chi connectivity index (χ2n) is 7.94. The number of hydrogen-bond donors (Lipinski definition) is 1. The monoisotopic (exact) mass is 357 g/mol. The molecule has 3 rings (SSSR count). The number of rotatable bonds is 4. The van der Waals surface area contributed by atoms with E-state index in [9.17, 15) is 0 Å². The Kier molecular flexibility index (Phi) is 6.92. The third kappa shape index (κ3) is 5.21. The van der Waals surface area contributed by atoms with Gasteiger partial charge in [0.25, 0.3) is 0 Å². The average Bonchev–Trinajstić information content (AvgIpc) is 2.67. The molecule has 2 heterocycles. The molecule has 1 aromatic carbocycles. The molecule has 1 unspecified atom stereocenters. The molecule has 26 heavy (non-hydrogen) atoms. The minimum atomic E-state index is 0.557. The van der Waals surface area contributed by atoms with E-state index in [1.807, 2.05) is 7.05 Å². The van der Waals surface area contributed by atoms with E-state index in [0.717, 1.165) is 51.1 Å². The van der Waals surface area contributed by atoms with Crippen molar-refractivity contribution in [1.29, 1.82) is 0 Å². The highest BCUT2D eigenvalue weighted by Gasteiger charge is 2.25. The Morgan fingerprint density at radius 3 is 2.50 bits per heavy atom. The summed E-state index contributed by atoms with van der Waals surface area (Å²) < 4.78 is 0. The van der Waals surface area contributed by atoms with Gasteiger partial charge in [0.05, 0.1) is 0 Å². The number of benzene rings is 1. The lowest BCUT2D eigenvalue weighted by Crippen LogP contribution is -2.56. The van der Waals surface area contributed by atoms with E-state index in [2.05, 4.69) is 69.4 Å². The molecule has 0 spiro atoms. The van der Waals surface area contributed by atoms with E-state index in [-0.39, 0.29) is 0 Å². The number of guanidine groups is 1. The minimum absolute atomic E-state index is 0.557. The van der Waals surface area contributed by atoms with Crippen molar-refractivity contribution in [3.63, 3.8) is 0 Å². The SMILES string of the molecule is CN=C(NCC1CN(C)CCN1C)N1CCC(Cc2ccccc2)CC1.